The molecule has 1 aromatic carbocycles. The van der Waals surface area contributed by atoms with E-state index >= 15 is 0 Å². The number of hydrogen-bond acceptors (Lipinski definition) is 2. The molecule has 0 aliphatic carbocycles. The van der Waals surface area contributed by atoms with Crippen molar-refractivity contribution in [2.75, 3.05) is 18.5 Å². The summed E-state index contributed by atoms with van der Waals surface area (Å²) in [4.78, 5) is 2.17. The number of hydrogen-bond donors (Lipinski definition) is 1. The maximum atomic E-state index is 5.72. The molecule has 0 aliphatic rings. The molecule has 2 N–H and O–H groups in total. The third-order valence-corrected chi connectivity index (χ3v) is 2.04. The van der Waals surface area contributed by atoms with Crippen molar-refractivity contribution < 1.29 is 0 Å². The van der Waals surface area contributed by atoms with Crippen molar-refractivity contribution in [3.8, 4) is 0 Å². The molecule has 0 aromatic heterocycles. The summed E-state index contributed by atoms with van der Waals surface area (Å²) in [5, 5.41) is 0. The van der Waals surface area contributed by atoms with Gasteiger partial charge < -0.3 is 10.6 Å². The van der Waals surface area contributed by atoms with Crippen LogP contribution >= 0.6 is 0 Å². The van der Waals surface area contributed by atoms with Gasteiger partial charge in [-0.3, -0.25) is 0 Å². The van der Waals surface area contributed by atoms with E-state index in [1.165, 1.54) is 11.3 Å². The Morgan fingerprint density at radius 1 is 1.31 bits per heavy atom. The van der Waals surface area contributed by atoms with Crippen molar-refractivity contribution in [3.05, 3.63) is 29.8 Å². The van der Waals surface area contributed by atoms with E-state index in [9.17, 15) is 0 Å². The second-order valence-corrected chi connectivity index (χ2v) is 3.69. The SMILES string of the molecule is Cc1ccc(N(C)CC(C)N)cc1. The Morgan fingerprint density at radius 3 is 2.31 bits per heavy atom. The van der Waals surface area contributed by atoms with Crippen LogP contribution in [0.2, 0.25) is 0 Å². The number of aryl methyl sites for hydroxylation is 1. The molecule has 0 fully saturated rings. The molecule has 0 bridgehead atoms. The average Bonchev–Trinajstić information content (AvgIpc) is 2.04. The summed E-state index contributed by atoms with van der Waals surface area (Å²) < 4.78 is 0. The summed E-state index contributed by atoms with van der Waals surface area (Å²) in [6.07, 6.45) is 0. The largest absolute Gasteiger partial charge is 0.373 e. The van der Waals surface area contributed by atoms with Gasteiger partial charge in [0.25, 0.3) is 0 Å². The average molecular weight is 178 g/mol. The van der Waals surface area contributed by atoms with Crippen LogP contribution in [0.15, 0.2) is 24.3 Å². The van der Waals surface area contributed by atoms with E-state index in [0.717, 1.165) is 6.54 Å². The summed E-state index contributed by atoms with van der Waals surface area (Å²) >= 11 is 0. The molecule has 1 rings (SSSR count). The van der Waals surface area contributed by atoms with Gasteiger partial charge in [-0.1, -0.05) is 17.7 Å². The highest BCUT2D eigenvalue weighted by atomic mass is 15.1. The highest BCUT2D eigenvalue weighted by Gasteiger charge is 2.02. The Kier molecular flexibility index (Phi) is 3.32. The second-order valence-electron chi connectivity index (χ2n) is 3.69. The van der Waals surface area contributed by atoms with E-state index in [0.29, 0.717) is 0 Å². The Hall–Kier alpha value is -1.02. The standard InChI is InChI=1S/C11H18N2/c1-9-4-6-11(7-5-9)13(3)8-10(2)12/h4-7,10H,8,12H2,1-3H3. The van der Waals surface area contributed by atoms with E-state index in [1.54, 1.807) is 0 Å². The minimum atomic E-state index is 0.214. The van der Waals surface area contributed by atoms with Gasteiger partial charge in [0.2, 0.25) is 0 Å². The van der Waals surface area contributed by atoms with Gasteiger partial charge in [-0.2, -0.15) is 0 Å². The fourth-order valence-electron chi connectivity index (χ4n) is 1.34. The number of nitrogens with two attached hydrogens (primary N) is 1. The zero-order valence-corrected chi connectivity index (χ0v) is 8.62. The first-order valence-electron chi connectivity index (χ1n) is 4.63. The quantitative estimate of drug-likeness (QED) is 0.764. The van der Waals surface area contributed by atoms with E-state index in [2.05, 4.69) is 43.1 Å². The van der Waals surface area contributed by atoms with Crippen LogP contribution in [0, 0.1) is 6.92 Å². The second kappa shape index (κ2) is 4.28. The van der Waals surface area contributed by atoms with Crippen LogP contribution < -0.4 is 10.6 Å². The van der Waals surface area contributed by atoms with Gasteiger partial charge in [-0.15, -0.1) is 0 Å². The van der Waals surface area contributed by atoms with Crippen LogP contribution in [0.4, 0.5) is 5.69 Å². The molecule has 1 atom stereocenters. The van der Waals surface area contributed by atoms with Crippen LogP contribution in [0.5, 0.6) is 0 Å². The molecule has 0 saturated carbocycles. The lowest BCUT2D eigenvalue weighted by Crippen LogP contribution is -2.32. The Morgan fingerprint density at radius 2 is 1.85 bits per heavy atom. The summed E-state index contributed by atoms with van der Waals surface area (Å²) in [5.74, 6) is 0. The summed E-state index contributed by atoms with van der Waals surface area (Å²) in [6, 6.07) is 8.70. The molecule has 1 aromatic rings. The first-order valence-corrected chi connectivity index (χ1v) is 4.63. The molecular formula is C11H18N2. The third-order valence-electron chi connectivity index (χ3n) is 2.04. The minimum Gasteiger partial charge on any atom is -0.373 e. The van der Waals surface area contributed by atoms with Gasteiger partial charge in [0.15, 0.2) is 0 Å². The lowest BCUT2D eigenvalue weighted by Gasteiger charge is -2.21. The fraction of sp³-hybridized carbons (Fsp3) is 0.455. The zero-order valence-electron chi connectivity index (χ0n) is 8.62. The predicted octanol–water partition coefficient (Wildman–Crippen LogP) is 1.78. The van der Waals surface area contributed by atoms with E-state index in [1.807, 2.05) is 6.92 Å². The first-order chi connectivity index (χ1) is 6.09. The molecule has 1 unspecified atom stereocenters. The molecule has 72 valence electrons. The van der Waals surface area contributed by atoms with Crippen LogP contribution in [0.3, 0.4) is 0 Å². The van der Waals surface area contributed by atoms with Crippen LogP contribution in [-0.4, -0.2) is 19.6 Å². The topological polar surface area (TPSA) is 29.3 Å². The minimum absolute atomic E-state index is 0.214. The molecule has 0 aliphatic heterocycles. The number of anilines is 1. The molecule has 0 radical (unpaired) electrons. The van der Waals surface area contributed by atoms with Gasteiger partial charge in [0.05, 0.1) is 0 Å². The lowest BCUT2D eigenvalue weighted by molar-refractivity contribution is 0.717. The third kappa shape index (κ3) is 3.07. The van der Waals surface area contributed by atoms with Gasteiger partial charge in [-0.05, 0) is 26.0 Å². The van der Waals surface area contributed by atoms with Gasteiger partial charge in [0.1, 0.15) is 0 Å². The van der Waals surface area contributed by atoms with Crippen LogP contribution in [0.25, 0.3) is 0 Å². The predicted molar refractivity (Wildman–Crippen MR) is 58.1 cm³/mol. The van der Waals surface area contributed by atoms with Crippen LogP contribution in [0.1, 0.15) is 12.5 Å². The van der Waals surface area contributed by atoms with Gasteiger partial charge in [-0.25, -0.2) is 0 Å². The van der Waals surface area contributed by atoms with E-state index < -0.39 is 0 Å². The lowest BCUT2D eigenvalue weighted by atomic mass is 10.2. The van der Waals surface area contributed by atoms with Crippen molar-refractivity contribution in [1.29, 1.82) is 0 Å². The maximum absolute atomic E-state index is 5.72. The molecule has 13 heavy (non-hydrogen) atoms. The number of nitrogens with zero attached hydrogens (tertiary/aromatic N) is 1. The number of likely N-dealkylation sites (N-methyl/N-ethyl adjacent to an activating group) is 1. The van der Waals surface area contributed by atoms with E-state index in [4.69, 9.17) is 5.73 Å². The molecule has 0 saturated heterocycles. The van der Waals surface area contributed by atoms with Crippen LogP contribution in [-0.2, 0) is 0 Å². The summed E-state index contributed by atoms with van der Waals surface area (Å²) in [6.45, 7) is 5.00. The molecule has 2 nitrogen and oxygen atoms in total. The number of benzene rings is 1. The summed E-state index contributed by atoms with van der Waals surface area (Å²) in [7, 11) is 2.06. The Bertz CT molecular complexity index is 251. The highest BCUT2D eigenvalue weighted by molar-refractivity contribution is 5.46. The molecule has 0 heterocycles. The van der Waals surface area contributed by atoms with Crippen molar-refractivity contribution in [2.24, 2.45) is 5.73 Å². The Labute approximate surface area is 80.4 Å². The monoisotopic (exact) mass is 178 g/mol. The van der Waals surface area contributed by atoms with Crippen molar-refractivity contribution in [3.63, 3.8) is 0 Å². The molecular weight excluding hydrogens is 160 g/mol. The van der Waals surface area contributed by atoms with E-state index in [-0.39, 0.29) is 6.04 Å². The molecule has 0 spiro atoms. The van der Waals surface area contributed by atoms with Crippen molar-refractivity contribution in [1.82, 2.24) is 0 Å². The summed E-state index contributed by atoms with van der Waals surface area (Å²) in [5.41, 5.74) is 8.23. The zero-order chi connectivity index (χ0) is 9.84. The first kappa shape index (κ1) is 10.1. The fourth-order valence-corrected chi connectivity index (χ4v) is 1.34. The highest BCUT2D eigenvalue weighted by Crippen LogP contribution is 2.12. The smallest absolute Gasteiger partial charge is 0.0364 e. The molecule has 0 amide bonds. The molecule has 2 heteroatoms. The van der Waals surface area contributed by atoms with Crippen molar-refractivity contribution in [2.45, 2.75) is 19.9 Å². The van der Waals surface area contributed by atoms with Gasteiger partial charge >= 0.3 is 0 Å². The Balaban J connectivity index is 2.66. The maximum Gasteiger partial charge on any atom is 0.0364 e. The normalized spacial score (nSPS) is 12.6. The van der Waals surface area contributed by atoms with Gasteiger partial charge in [0, 0.05) is 25.3 Å². The number of rotatable bonds is 3. The van der Waals surface area contributed by atoms with Crippen molar-refractivity contribution >= 4 is 5.69 Å².